The molecule has 1 aliphatic heterocycles. The molecule has 18 heavy (non-hydrogen) atoms. The molecule has 2 heterocycles. The number of nitrogens with zero attached hydrogens (tertiary/aromatic N) is 2. The van der Waals surface area contributed by atoms with Gasteiger partial charge in [-0.2, -0.15) is 0 Å². The molecule has 1 fully saturated rings. The van der Waals surface area contributed by atoms with Crippen molar-refractivity contribution in [1.29, 1.82) is 0 Å². The van der Waals surface area contributed by atoms with E-state index in [-0.39, 0.29) is 10.3 Å². The summed E-state index contributed by atoms with van der Waals surface area (Å²) in [6.45, 7) is 1.24. The lowest BCUT2D eigenvalue weighted by molar-refractivity contribution is 0.579. The van der Waals surface area contributed by atoms with Crippen LogP contribution in [0, 0.1) is 0 Å². The minimum Gasteiger partial charge on any atom is -0.315 e. The lowest BCUT2D eigenvalue weighted by Crippen LogP contribution is -2.24. The Bertz CT molecular complexity index is 679. The van der Waals surface area contributed by atoms with Gasteiger partial charge in [0.15, 0.2) is 5.03 Å². The van der Waals surface area contributed by atoms with Gasteiger partial charge in [-0.25, -0.2) is 13.4 Å². The number of hydrogen-bond acceptors (Lipinski definition) is 5. The molecule has 0 spiro atoms. The summed E-state index contributed by atoms with van der Waals surface area (Å²) in [5.74, 6) is 0. The summed E-state index contributed by atoms with van der Waals surface area (Å²) in [6.07, 6.45) is 1.99. The molecular weight excluding hydrogens is 250 g/mol. The van der Waals surface area contributed by atoms with Gasteiger partial charge in [-0.05, 0) is 25.1 Å². The molecule has 1 N–H and O–H groups in total. The van der Waals surface area contributed by atoms with Crippen molar-refractivity contribution in [2.75, 3.05) is 13.1 Å². The normalized spacial score (nSPS) is 20.3. The molecule has 5 nitrogen and oxygen atoms in total. The molecule has 2 aromatic rings. The Labute approximate surface area is 105 Å². The van der Waals surface area contributed by atoms with Crippen LogP contribution >= 0.6 is 0 Å². The van der Waals surface area contributed by atoms with Crippen LogP contribution < -0.4 is 5.32 Å². The third-order valence-electron chi connectivity index (χ3n) is 3.17. The largest absolute Gasteiger partial charge is 0.315 e. The van der Waals surface area contributed by atoms with Crippen molar-refractivity contribution in [3.05, 3.63) is 30.5 Å². The average molecular weight is 263 g/mol. The molecule has 1 aliphatic rings. The molecule has 0 aliphatic carbocycles. The van der Waals surface area contributed by atoms with Crippen LogP contribution in [0.5, 0.6) is 0 Å². The van der Waals surface area contributed by atoms with E-state index in [0.717, 1.165) is 6.54 Å². The number of nitrogens with one attached hydrogen (secondary N) is 1. The van der Waals surface area contributed by atoms with Gasteiger partial charge >= 0.3 is 0 Å². The van der Waals surface area contributed by atoms with Gasteiger partial charge in [0.1, 0.15) is 0 Å². The standard InChI is InChI=1S/C12H13N3O2S/c16-18(17,9-5-6-13-7-9)12-8-14-10-3-1-2-4-11(10)15-12/h1-4,8-9,13H,5-7H2. The molecule has 6 heteroatoms. The fourth-order valence-corrected chi connectivity index (χ4v) is 3.67. The topological polar surface area (TPSA) is 72.0 Å². The summed E-state index contributed by atoms with van der Waals surface area (Å²) in [7, 11) is -3.37. The van der Waals surface area contributed by atoms with E-state index in [1.807, 2.05) is 18.2 Å². The zero-order valence-corrected chi connectivity index (χ0v) is 10.5. The fraction of sp³-hybridized carbons (Fsp3) is 0.333. The molecule has 1 aromatic carbocycles. The van der Waals surface area contributed by atoms with Crippen LogP contribution in [0.1, 0.15) is 6.42 Å². The van der Waals surface area contributed by atoms with Crippen LogP contribution in [0.3, 0.4) is 0 Å². The zero-order valence-electron chi connectivity index (χ0n) is 9.70. The Kier molecular flexibility index (Phi) is 2.76. The third kappa shape index (κ3) is 1.87. The summed E-state index contributed by atoms with van der Waals surface area (Å²) in [4.78, 5) is 8.37. The second kappa shape index (κ2) is 4.29. The molecular formula is C12H13N3O2S. The highest BCUT2D eigenvalue weighted by molar-refractivity contribution is 7.92. The van der Waals surface area contributed by atoms with Gasteiger partial charge in [0.25, 0.3) is 0 Å². The SMILES string of the molecule is O=S(=O)(c1cnc2ccccc2n1)C1CCNC1. The number of hydrogen-bond donors (Lipinski definition) is 1. The number of rotatable bonds is 2. The van der Waals surface area contributed by atoms with Crippen LogP contribution in [0.4, 0.5) is 0 Å². The van der Waals surface area contributed by atoms with E-state index in [1.54, 1.807) is 6.07 Å². The Morgan fingerprint density at radius 1 is 1.22 bits per heavy atom. The van der Waals surface area contributed by atoms with Crippen molar-refractivity contribution in [2.45, 2.75) is 16.7 Å². The second-order valence-electron chi connectivity index (χ2n) is 4.36. The van der Waals surface area contributed by atoms with Crippen molar-refractivity contribution in [1.82, 2.24) is 15.3 Å². The first-order valence-corrected chi connectivity index (χ1v) is 7.39. The Morgan fingerprint density at radius 2 is 2.00 bits per heavy atom. The highest BCUT2D eigenvalue weighted by Crippen LogP contribution is 2.19. The molecule has 0 radical (unpaired) electrons. The van der Waals surface area contributed by atoms with Crippen LogP contribution in [-0.2, 0) is 9.84 Å². The molecule has 1 atom stereocenters. The van der Waals surface area contributed by atoms with Crippen LogP contribution in [0.15, 0.2) is 35.5 Å². The van der Waals surface area contributed by atoms with Gasteiger partial charge in [-0.15, -0.1) is 0 Å². The minimum atomic E-state index is -3.37. The summed E-state index contributed by atoms with van der Waals surface area (Å²) < 4.78 is 24.7. The van der Waals surface area contributed by atoms with Gasteiger partial charge in [-0.1, -0.05) is 12.1 Å². The molecule has 94 valence electrons. The molecule has 1 saturated heterocycles. The van der Waals surface area contributed by atoms with Crippen molar-refractivity contribution in [3.8, 4) is 0 Å². The van der Waals surface area contributed by atoms with Crippen molar-refractivity contribution in [3.63, 3.8) is 0 Å². The van der Waals surface area contributed by atoms with Crippen molar-refractivity contribution in [2.24, 2.45) is 0 Å². The smallest absolute Gasteiger partial charge is 0.201 e. The Morgan fingerprint density at radius 3 is 2.72 bits per heavy atom. The fourth-order valence-electron chi connectivity index (χ4n) is 2.14. The second-order valence-corrected chi connectivity index (χ2v) is 6.53. The maximum atomic E-state index is 12.3. The monoisotopic (exact) mass is 263 g/mol. The molecule has 3 rings (SSSR count). The third-order valence-corrected chi connectivity index (χ3v) is 5.23. The van der Waals surface area contributed by atoms with E-state index in [1.165, 1.54) is 6.20 Å². The summed E-state index contributed by atoms with van der Waals surface area (Å²) in [6, 6.07) is 7.26. The summed E-state index contributed by atoms with van der Waals surface area (Å²) in [5.41, 5.74) is 1.32. The molecule has 1 aromatic heterocycles. The van der Waals surface area contributed by atoms with Crippen molar-refractivity contribution < 1.29 is 8.42 Å². The van der Waals surface area contributed by atoms with Crippen molar-refractivity contribution >= 4 is 20.9 Å². The number of fused-ring (bicyclic) bond motifs is 1. The van der Waals surface area contributed by atoms with Crippen LogP contribution in [-0.4, -0.2) is 36.7 Å². The number of sulfone groups is 1. The summed E-state index contributed by atoms with van der Waals surface area (Å²) >= 11 is 0. The van der Waals surface area contributed by atoms with Crippen LogP contribution in [0.2, 0.25) is 0 Å². The first kappa shape index (κ1) is 11.6. The maximum absolute atomic E-state index is 12.3. The molecule has 0 saturated carbocycles. The lowest BCUT2D eigenvalue weighted by atomic mass is 10.3. The number of para-hydroxylation sites is 2. The van der Waals surface area contributed by atoms with E-state index in [9.17, 15) is 8.42 Å². The number of benzene rings is 1. The predicted molar refractivity (Wildman–Crippen MR) is 68.0 cm³/mol. The van der Waals surface area contributed by atoms with Gasteiger partial charge in [0.05, 0.1) is 22.5 Å². The van der Waals surface area contributed by atoms with Gasteiger partial charge in [-0.3, -0.25) is 4.98 Å². The first-order valence-electron chi connectivity index (χ1n) is 5.84. The van der Waals surface area contributed by atoms with Gasteiger partial charge in [0, 0.05) is 6.54 Å². The number of aromatic nitrogens is 2. The van der Waals surface area contributed by atoms with E-state index >= 15 is 0 Å². The highest BCUT2D eigenvalue weighted by Gasteiger charge is 2.31. The van der Waals surface area contributed by atoms with E-state index in [2.05, 4.69) is 15.3 Å². The van der Waals surface area contributed by atoms with Gasteiger partial charge in [0.2, 0.25) is 9.84 Å². The maximum Gasteiger partial charge on any atom is 0.201 e. The summed E-state index contributed by atoms with van der Waals surface area (Å²) in [5, 5.41) is 2.76. The van der Waals surface area contributed by atoms with Gasteiger partial charge < -0.3 is 5.32 Å². The predicted octanol–water partition coefficient (Wildman–Crippen LogP) is 0.765. The zero-order chi connectivity index (χ0) is 12.6. The Balaban J connectivity index is 2.08. The van der Waals surface area contributed by atoms with E-state index in [0.29, 0.717) is 24.0 Å². The first-order chi connectivity index (χ1) is 8.68. The molecule has 0 amide bonds. The lowest BCUT2D eigenvalue weighted by Gasteiger charge is -2.09. The quantitative estimate of drug-likeness (QED) is 0.866. The van der Waals surface area contributed by atoms with Crippen LogP contribution in [0.25, 0.3) is 11.0 Å². The molecule has 0 bridgehead atoms. The van der Waals surface area contributed by atoms with E-state index < -0.39 is 9.84 Å². The van der Waals surface area contributed by atoms with E-state index in [4.69, 9.17) is 0 Å². The molecule has 1 unspecified atom stereocenters. The average Bonchev–Trinajstić information content (AvgIpc) is 2.92. The minimum absolute atomic E-state index is 0.0786. The Hall–Kier alpha value is -1.53. The highest BCUT2D eigenvalue weighted by atomic mass is 32.2.